The summed E-state index contributed by atoms with van der Waals surface area (Å²) in [6, 6.07) is 8.11. The van der Waals surface area contributed by atoms with Crippen LogP contribution in [-0.2, 0) is 30.5 Å². The lowest BCUT2D eigenvalue weighted by Gasteiger charge is -2.18. The summed E-state index contributed by atoms with van der Waals surface area (Å²) < 4.78 is 40.0. The standard InChI is InChI=1S/C23H27F3N6O/c1-15-19(16(2)32-22(28-15)29-21(30-32)23(24,25)26)9-10-20(33)27-13-17-7-3-4-8-18(17)14-31-11-5-6-12-31/h3-4,7-8H,5-6,9-14H2,1-2H3,(H,27,33). The third-order valence-electron chi connectivity index (χ3n) is 6.09. The van der Waals surface area contributed by atoms with Gasteiger partial charge in [0.15, 0.2) is 0 Å². The number of amides is 1. The van der Waals surface area contributed by atoms with Crippen molar-refractivity contribution in [3.63, 3.8) is 0 Å². The summed E-state index contributed by atoms with van der Waals surface area (Å²) in [6.07, 6.45) is -1.64. The van der Waals surface area contributed by atoms with E-state index in [0.29, 0.717) is 29.9 Å². The van der Waals surface area contributed by atoms with E-state index >= 15 is 0 Å². The number of carbonyl (C=O) groups excluding carboxylic acids is 1. The lowest BCUT2D eigenvalue weighted by Crippen LogP contribution is -2.25. The highest BCUT2D eigenvalue weighted by Gasteiger charge is 2.37. The Labute approximate surface area is 190 Å². The average molecular weight is 461 g/mol. The first-order chi connectivity index (χ1) is 15.7. The van der Waals surface area contributed by atoms with Crippen molar-refractivity contribution >= 4 is 11.7 Å². The molecule has 1 saturated heterocycles. The number of nitrogens with zero attached hydrogens (tertiary/aromatic N) is 5. The Balaban J connectivity index is 1.39. The third kappa shape index (κ3) is 5.32. The fourth-order valence-corrected chi connectivity index (χ4v) is 4.28. The van der Waals surface area contributed by atoms with Crippen LogP contribution in [0.2, 0.25) is 0 Å². The fourth-order valence-electron chi connectivity index (χ4n) is 4.28. The number of likely N-dealkylation sites (tertiary alicyclic amines) is 1. The molecular weight excluding hydrogens is 433 g/mol. The van der Waals surface area contributed by atoms with Crippen LogP contribution >= 0.6 is 0 Å². The Morgan fingerprint density at radius 3 is 2.48 bits per heavy atom. The van der Waals surface area contributed by atoms with Gasteiger partial charge in [0.1, 0.15) is 0 Å². The summed E-state index contributed by atoms with van der Waals surface area (Å²) in [5.74, 6) is -1.44. The van der Waals surface area contributed by atoms with E-state index in [1.54, 1.807) is 13.8 Å². The van der Waals surface area contributed by atoms with Crippen LogP contribution in [0.4, 0.5) is 13.2 Å². The second-order valence-electron chi connectivity index (χ2n) is 8.43. The number of nitrogens with one attached hydrogen (secondary N) is 1. The average Bonchev–Trinajstić information content (AvgIpc) is 3.42. The van der Waals surface area contributed by atoms with Crippen molar-refractivity contribution in [3.05, 3.63) is 58.2 Å². The van der Waals surface area contributed by atoms with Crippen LogP contribution in [0.1, 0.15) is 53.2 Å². The Morgan fingerprint density at radius 2 is 1.79 bits per heavy atom. The monoisotopic (exact) mass is 460 g/mol. The third-order valence-corrected chi connectivity index (χ3v) is 6.09. The van der Waals surface area contributed by atoms with Crippen molar-refractivity contribution in [3.8, 4) is 0 Å². The highest BCUT2D eigenvalue weighted by atomic mass is 19.4. The molecule has 10 heteroatoms. The maximum Gasteiger partial charge on any atom is 0.453 e. The molecular formula is C23H27F3N6O. The highest BCUT2D eigenvalue weighted by Crippen LogP contribution is 2.27. The van der Waals surface area contributed by atoms with E-state index in [1.165, 1.54) is 18.4 Å². The Morgan fingerprint density at radius 1 is 1.09 bits per heavy atom. The number of aromatic nitrogens is 4. The number of aryl methyl sites for hydroxylation is 2. The van der Waals surface area contributed by atoms with Gasteiger partial charge in [-0.2, -0.15) is 18.2 Å². The predicted molar refractivity (Wildman–Crippen MR) is 116 cm³/mol. The van der Waals surface area contributed by atoms with E-state index in [4.69, 9.17) is 0 Å². The van der Waals surface area contributed by atoms with Gasteiger partial charge in [0.25, 0.3) is 11.6 Å². The quantitative estimate of drug-likeness (QED) is 0.583. The molecule has 3 heterocycles. The van der Waals surface area contributed by atoms with Crippen LogP contribution in [-0.4, -0.2) is 43.5 Å². The number of benzene rings is 1. The fraction of sp³-hybridized carbons (Fsp3) is 0.478. The number of hydrogen-bond acceptors (Lipinski definition) is 5. The molecule has 176 valence electrons. The minimum atomic E-state index is -4.64. The molecule has 1 aliphatic heterocycles. The van der Waals surface area contributed by atoms with Crippen molar-refractivity contribution in [1.82, 2.24) is 29.8 Å². The Bertz CT molecular complexity index is 1150. The van der Waals surface area contributed by atoms with Gasteiger partial charge in [0.05, 0.1) is 0 Å². The van der Waals surface area contributed by atoms with Crippen LogP contribution in [0.3, 0.4) is 0 Å². The molecule has 0 atom stereocenters. The molecule has 3 aromatic rings. The van der Waals surface area contributed by atoms with Gasteiger partial charge in [-0.1, -0.05) is 24.3 Å². The van der Waals surface area contributed by atoms with Gasteiger partial charge in [-0.25, -0.2) is 9.50 Å². The van der Waals surface area contributed by atoms with Crippen molar-refractivity contribution in [2.24, 2.45) is 0 Å². The van der Waals surface area contributed by atoms with Crippen LogP contribution in [0.25, 0.3) is 5.78 Å². The maximum atomic E-state index is 13.0. The molecule has 0 saturated carbocycles. The van der Waals surface area contributed by atoms with Gasteiger partial charge in [-0.3, -0.25) is 9.69 Å². The molecule has 0 bridgehead atoms. The molecule has 4 rings (SSSR count). The van der Waals surface area contributed by atoms with Gasteiger partial charge in [-0.05, 0) is 62.9 Å². The summed E-state index contributed by atoms with van der Waals surface area (Å²) in [6.45, 7) is 6.90. The number of halogens is 3. The zero-order chi connectivity index (χ0) is 23.6. The van der Waals surface area contributed by atoms with Crippen molar-refractivity contribution < 1.29 is 18.0 Å². The predicted octanol–water partition coefficient (Wildman–Crippen LogP) is 3.60. The topological polar surface area (TPSA) is 75.4 Å². The number of alkyl halides is 3. The lowest BCUT2D eigenvalue weighted by molar-refractivity contribution is -0.144. The SMILES string of the molecule is Cc1nc2nc(C(F)(F)F)nn2c(C)c1CCC(=O)NCc1ccccc1CN1CCCC1. The normalized spacial score (nSPS) is 14.8. The number of rotatable bonds is 7. The van der Waals surface area contributed by atoms with Crippen molar-refractivity contribution in [1.29, 1.82) is 0 Å². The zero-order valence-corrected chi connectivity index (χ0v) is 18.7. The smallest absolute Gasteiger partial charge is 0.352 e. The lowest BCUT2D eigenvalue weighted by atomic mass is 10.1. The molecule has 1 fully saturated rings. The van der Waals surface area contributed by atoms with Crippen LogP contribution in [0, 0.1) is 13.8 Å². The molecule has 1 aromatic carbocycles. The van der Waals surface area contributed by atoms with Crippen LogP contribution in [0.15, 0.2) is 24.3 Å². The molecule has 1 N–H and O–H groups in total. The largest absolute Gasteiger partial charge is 0.453 e. The second kappa shape index (κ2) is 9.46. The van der Waals surface area contributed by atoms with Gasteiger partial charge in [-0.15, -0.1) is 5.10 Å². The zero-order valence-electron chi connectivity index (χ0n) is 18.7. The van der Waals surface area contributed by atoms with Crippen LogP contribution in [0.5, 0.6) is 0 Å². The first-order valence-electron chi connectivity index (χ1n) is 11.1. The first kappa shape index (κ1) is 23.2. The summed E-state index contributed by atoms with van der Waals surface area (Å²) in [4.78, 5) is 22.6. The summed E-state index contributed by atoms with van der Waals surface area (Å²) in [5.41, 5.74) is 4.06. The van der Waals surface area contributed by atoms with Gasteiger partial charge in [0, 0.05) is 30.9 Å². The van der Waals surface area contributed by atoms with Gasteiger partial charge in [0.2, 0.25) is 5.91 Å². The minimum absolute atomic E-state index is 0.0971. The number of hydrogen-bond donors (Lipinski definition) is 1. The first-order valence-corrected chi connectivity index (χ1v) is 11.1. The van der Waals surface area contributed by atoms with Crippen molar-refractivity contribution in [2.75, 3.05) is 13.1 Å². The number of fused-ring (bicyclic) bond motifs is 1. The van der Waals surface area contributed by atoms with E-state index in [1.807, 2.05) is 18.2 Å². The van der Waals surface area contributed by atoms with E-state index in [0.717, 1.165) is 29.7 Å². The maximum absolute atomic E-state index is 13.0. The van der Waals surface area contributed by atoms with E-state index < -0.39 is 12.0 Å². The van der Waals surface area contributed by atoms with Gasteiger partial charge < -0.3 is 5.32 Å². The molecule has 1 aliphatic rings. The second-order valence-corrected chi connectivity index (χ2v) is 8.43. The molecule has 0 aliphatic carbocycles. The minimum Gasteiger partial charge on any atom is -0.352 e. The molecule has 1 amide bonds. The molecule has 0 unspecified atom stereocenters. The van der Waals surface area contributed by atoms with E-state index in [-0.39, 0.29) is 18.1 Å². The summed E-state index contributed by atoms with van der Waals surface area (Å²) in [5, 5.41) is 6.53. The molecule has 7 nitrogen and oxygen atoms in total. The Hall–Kier alpha value is -3.01. The molecule has 0 radical (unpaired) electrons. The molecule has 0 spiro atoms. The van der Waals surface area contributed by atoms with Crippen LogP contribution < -0.4 is 5.32 Å². The summed E-state index contributed by atoms with van der Waals surface area (Å²) >= 11 is 0. The van der Waals surface area contributed by atoms with E-state index in [2.05, 4.69) is 31.3 Å². The number of carbonyl (C=O) groups is 1. The Kier molecular flexibility index (Phi) is 6.64. The summed E-state index contributed by atoms with van der Waals surface area (Å²) in [7, 11) is 0. The molecule has 2 aromatic heterocycles. The molecule has 33 heavy (non-hydrogen) atoms. The van der Waals surface area contributed by atoms with E-state index in [9.17, 15) is 18.0 Å². The van der Waals surface area contributed by atoms with Crippen molar-refractivity contribution in [2.45, 2.75) is 58.8 Å². The van der Waals surface area contributed by atoms with Gasteiger partial charge >= 0.3 is 6.18 Å². The highest BCUT2D eigenvalue weighted by molar-refractivity contribution is 5.76.